The van der Waals surface area contributed by atoms with Crippen LogP contribution in [0.1, 0.15) is 23.1 Å². The van der Waals surface area contributed by atoms with Gasteiger partial charge in [0.2, 0.25) is 5.82 Å². The molecule has 1 amide bonds. The van der Waals surface area contributed by atoms with Gasteiger partial charge in [0.15, 0.2) is 11.6 Å². The zero-order valence-electron chi connectivity index (χ0n) is 12.8. The Morgan fingerprint density at radius 1 is 1.08 bits per heavy atom. The summed E-state index contributed by atoms with van der Waals surface area (Å²) in [5, 5.41) is 10.4. The maximum absolute atomic E-state index is 13.7. The van der Waals surface area contributed by atoms with E-state index in [-0.39, 0.29) is 17.8 Å². The van der Waals surface area contributed by atoms with Crippen LogP contribution in [0.4, 0.5) is 8.78 Å². The number of amides is 1. The number of hydrogen-bond donors (Lipinski definition) is 1. The number of rotatable bonds is 4. The molecule has 1 heterocycles. The Balaban J connectivity index is 1.72. The third kappa shape index (κ3) is 3.34. The summed E-state index contributed by atoms with van der Waals surface area (Å²) in [6.45, 7) is 1.69. The maximum atomic E-state index is 13.7. The summed E-state index contributed by atoms with van der Waals surface area (Å²) in [4.78, 5) is 16.3. The molecular weight excluding hydrogens is 314 g/mol. The Hall–Kier alpha value is -2.96. The van der Waals surface area contributed by atoms with Crippen molar-refractivity contribution < 1.29 is 13.6 Å². The number of carbonyl (C=O) groups is 1. The van der Waals surface area contributed by atoms with E-state index in [1.807, 2.05) is 0 Å². The SMILES string of the molecule is CC(Cc1cccc(F)c1F)NC(=O)c1nnc2ccccc2n1. The minimum atomic E-state index is -0.909. The summed E-state index contributed by atoms with van der Waals surface area (Å²) >= 11 is 0. The first-order valence-corrected chi connectivity index (χ1v) is 7.38. The number of fused-ring (bicyclic) bond motifs is 1. The van der Waals surface area contributed by atoms with Gasteiger partial charge in [-0.05, 0) is 37.1 Å². The maximum Gasteiger partial charge on any atom is 0.291 e. The number of nitrogens with zero attached hydrogens (tertiary/aromatic N) is 3. The lowest BCUT2D eigenvalue weighted by atomic mass is 10.1. The molecule has 0 aliphatic carbocycles. The molecule has 122 valence electrons. The van der Waals surface area contributed by atoms with Gasteiger partial charge in [-0.25, -0.2) is 13.8 Å². The second kappa shape index (κ2) is 6.66. The predicted molar refractivity (Wildman–Crippen MR) is 84.3 cm³/mol. The molecule has 0 spiro atoms. The minimum Gasteiger partial charge on any atom is -0.346 e. The molecule has 5 nitrogen and oxygen atoms in total. The molecule has 0 bridgehead atoms. The lowest BCUT2D eigenvalue weighted by Crippen LogP contribution is -2.35. The lowest BCUT2D eigenvalue weighted by molar-refractivity contribution is 0.0928. The van der Waals surface area contributed by atoms with E-state index < -0.39 is 23.6 Å². The summed E-state index contributed by atoms with van der Waals surface area (Å²) in [6, 6.07) is 10.6. The van der Waals surface area contributed by atoms with Crippen molar-refractivity contribution in [1.82, 2.24) is 20.5 Å². The van der Waals surface area contributed by atoms with E-state index >= 15 is 0 Å². The third-order valence-corrected chi connectivity index (χ3v) is 3.50. The van der Waals surface area contributed by atoms with Crippen LogP contribution in [0.2, 0.25) is 0 Å². The highest BCUT2D eigenvalue weighted by Gasteiger charge is 2.16. The molecular formula is C17H14F2N4O. The van der Waals surface area contributed by atoms with E-state index in [9.17, 15) is 13.6 Å². The van der Waals surface area contributed by atoms with E-state index in [2.05, 4.69) is 20.5 Å². The molecule has 1 aromatic heterocycles. The molecule has 1 unspecified atom stereocenters. The first-order chi connectivity index (χ1) is 11.5. The van der Waals surface area contributed by atoms with Gasteiger partial charge in [0, 0.05) is 6.04 Å². The summed E-state index contributed by atoms with van der Waals surface area (Å²) < 4.78 is 26.9. The lowest BCUT2D eigenvalue weighted by Gasteiger charge is -2.14. The number of hydrogen-bond acceptors (Lipinski definition) is 4. The van der Waals surface area contributed by atoms with Crippen molar-refractivity contribution in [2.45, 2.75) is 19.4 Å². The molecule has 1 atom stereocenters. The number of carbonyl (C=O) groups excluding carboxylic acids is 1. The highest BCUT2D eigenvalue weighted by atomic mass is 19.2. The Kier molecular flexibility index (Phi) is 4.41. The van der Waals surface area contributed by atoms with Gasteiger partial charge in [-0.15, -0.1) is 10.2 Å². The van der Waals surface area contributed by atoms with Gasteiger partial charge in [-0.3, -0.25) is 4.79 Å². The highest BCUT2D eigenvalue weighted by Crippen LogP contribution is 2.13. The van der Waals surface area contributed by atoms with Crippen LogP contribution in [0.25, 0.3) is 11.0 Å². The van der Waals surface area contributed by atoms with Crippen molar-refractivity contribution >= 4 is 16.9 Å². The van der Waals surface area contributed by atoms with Crippen molar-refractivity contribution in [2.75, 3.05) is 0 Å². The molecule has 0 saturated heterocycles. The third-order valence-electron chi connectivity index (χ3n) is 3.50. The first kappa shape index (κ1) is 15.9. The van der Waals surface area contributed by atoms with Crippen LogP contribution in [-0.4, -0.2) is 27.1 Å². The number of nitrogens with one attached hydrogen (secondary N) is 1. The van der Waals surface area contributed by atoms with E-state index in [1.54, 1.807) is 31.2 Å². The summed E-state index contributed by atoms with van der Waals surface area (Å²) in [5.41, 5.74) is 1.34. The summed E-state index contributed by atoms with van der Waals surface area (Å²) in [6.07, 6.45) is 0.149. The Bertz CT molecular complexity index is 901. The zero-order chi connectivity index (χ0) is 17.1. The second-order valence-corrected chi connectivity index (χ2v) is 5.42. The zero-order valence-corrected chi connectivity index (χ0v) is 12.8. The fourth-order valence-corrected chi connectivity index (χ4v) is 2.35. The Labute approximate surface area is 136 Å². The van der Waals surface area contributed by atoms with Crippen molar-refractivity contribution in [3.05, 3.63) is 65.5 Å². The Morgan fingerprint density at radius 3 is 2.62 bits per heavy atom. The molecule has 0 aliphatic rings. The monoisotopic (exact) mass is 328 g/mol. The number of benzene rings is 2. The molecule has 7 heteroatoms. The number of aromatic nitrogens is 3. The first-order valence-electron chi connectivity index (χ1n) is 7.38. The van der Waals surface area contributed by atoms with Crippen LogP contribution in [0.3, 0.4) is 0 Å². The van der Waals surface area contributed by atoms with E-state index in [0.29, 0.717) is 11.0 Å². The topological polar surface area (TPSA) is 67.8 Å². The van der Waals surface area contributed by atoms with Crippen molar-refractivity contribution in [1.29, 1.82) is 0 Å². The molecule has 0 aliphatic heterocycles. The second-order valence-electron chi connectivity index (χ2n) is 5.42. The molecule has 2 aromatic carbocycles. The highest BCUT2D eigenvalue weighted by molar-refractivity contribution is 5.92. The van der Waals surface area contributed by atoms with Crippen LogP contribution in [0.15, 0.2) is 42.5 Å². The average Bonchev–Trinajstić information content (AvgIpc) is 2.58. The minimum absolute atomic E-state index is 0.0692. The van der Waals surface area contributed by atoms with Crippen molar-refractivity contribution in [3.8, 4) is 0 Å². The molecule has 1 N–H and O–H groups in total. The molecule has 0 radical (unpaired) electrons. The van der Waals surface area contributed by atoms with Crippen molar-refractivity contribution in [3.63, 3.8) is 0 Å². The van der Waals surface area contributed by atoms with Crippen LogP contribution in [0, 0.1) is 11.6 Å². The van der Waals surface area contributed by atoms with Gasteiger partial charge in [0.05, 0.1) is 5.52 Å². The normalized spacial score (nSPS) is 12.1. The summed E-state index contributed by atoms with van der Waals surface area (Å²) in [7, 11) is 0. The largest absolute Gasteiger partial charge is 0.346 e. The molecule has 3 rings (SSSR count). The van der Waals surface area contributed by atoms with E-state index in [4.69, 9.17) is 0 Å². The smallest absolute Gasteiger partial charge is 0.291 e. The van der Waals surface area contributed by atoms with Gasteiger partial charge in [-0.2, -0.15) is 0 Å². The fraction of sp³-hybridized carbons (Fsp3) is 0.176. The fourth-order valence-electron chi connectivity index (χ4n) is 2.35. The molecule has 0 saturated carbocycles. The van der Waals surface area contributed by atoms with Crippen LogP contribution in [-0.2, 0) is 6.42 Å². The van der Waals surface area contributed by atoms with E-state index in [1.165, 1.54) is 12.1 Å². The van der Waals surface area contributed by atoms with Crippen LogP contribution in [0.5, 0.6) is 0 Å². The predicted octanol–water partition coefficient (Wildman–Crippen LogP) is 2.66. The van der Waals surface area contributed by atoms with Gasteiger partial charge < -0.3 is 5.32 Å². The van der Waals surface area contributed by atoms with Crippen LogP contribution >= 0.6 is 0 Å². The molecule has 0 fully saturated rings. The van der Waals surface area contributed by atoms with Gasteiger partial charge in [0.25, 0.3) is 5.91 Å². The quantitative estimate of drug-likeness (QED) is 0.799. The van der Waals surface area contributed by atoms with Gasteiger partial charge in [-0.1, -0.05) is 24.3 Å². The molecule has 24 heavy (non-hydrogen) atoms. The summed E-state index contributed by atoms with van der Waals surface area (Å²) in [5.74, 6) is -2.40. The van der Waals surface area contributed by atoms with E-state index in [0.717, 1.165) is 6.07 Å². The van der Waals surface area contributed by atoms with Gasteiger partial charge >= 0.3 is 0 Å². The van der Waals surface area contributed by atoms with Crippen LogP contribution < -0.4 is 5.32 Å². The average molecular weight is 328 g/mol. The molecule has 3 aromatic rings. The van der Waals surface area contributed by atoms with Gasteiger partial charge in [0.1, 0.15) is 5.52 Å². The number of halogens is 2. The standard InChI is InChI=1S/C17H14F2N4O/c1-10(9-11-5-4-6-12(18)15(11)19)20-17(24)16-21-13-7-2-3-8-14(13)22-23-16/h2-8,10H,9H2,1H3,(H,20,24). The van der Waals surface area contributed by atoms with Crippen molar-refractivity contribution in [2.24, 2.45) is 0 Å². The Morgan fingerprint density at radius 2 is 1.83 bits per heavy atom. The number of para-hydroxylation sites is 1.